The van der Waals surface area contributed by atoms with Gasteiger partial charge in [-0.2, -0.15) is 0 Å². The summed E-state index contributed by atoms with van der Waals surface area (Å²) in [6.07, 6.45) is 1.44. The van der Waals surface area contributed by atoms with Gasteiger partial charge in [0, 0.05) is 69.4 Å². The molecule has 1 radical (unpaired) electrons. The largest absolute Gasteiger partial charge is 0.497 e. The van der Waals surface area contributed by atoms with Gasteiger partial charge in [0.25, 0.3) is 0 Å². The minimum Gasteiger partial charge on any atom is -0.497 e. The number of nitrogens with one attached hydrogen (secondary N) is 2. The van der Waals surface area contributed by atoms with Gasteiger partial charge in [-0.1, -0.05) is 18.2 Å². The smallest absolute Gasteiger partial charge is 0.233 e. The van der Waals surface area contributed by atoms with Crippen LogP contribution < -0.4 is 14.8 Å². The maximum absolute atomic E-state index is 12.2. The molecule has 0 saturated heterocycles. The molecular formula is C20H24KN4O5S2. The average molecular weight is 504 g/mol. The summed E-state index contributed by atoms with van der Waals surface area (Å²) in [5.74, 6) is 0.643. The summed E-state index contributed by atoms with van der Waals surface area (Å²) >= 11 is 0. The van der Waals surface area contributed by atoms with E-state index in [1.54, 1.807) is 42.5 Å². The Morgan fingerprint density at radius 3 is 2.16 bits per heavy atom. The van der Waals surface area contributed by atoms with E-state index >= 15 is 0 Å². The van der Waals surface area contributed by atoms with Gasteiger partial charge < -0.3 is 10.1 Å². The third kappa shape index (κ3) is 7.37. The van der Waals surface area contributed by atoms with Crippen LogP contribution in [0.3, 0.4) is 0 Å². The standard InChI is InChI=1S/C20H24N4O5S2.K/c1-4-31(27,28)24-20-19(21-16-7-5-6-8-17(16)22-20)23-18-13-15(29-2)10-9-14(18)11-12-30(3,25)26;/h5-10,13H,4,11-12H2,1-3H3,(H,21,23)(H,22,24);. The number of hydrogen-bond acceptors (Lipinski definition) is 8. The van der Waals surface area contributed by atoms with Gasteiger partial charge in [0.1, 0.15) is 15.6 Å². The number of sulfone groups is 1. The second kappa shape index (κ2) is 11.2. The van der Waals surface area contributed by atoms with Crippen LogP contribution in [0.4, 0.5) is 17.3 Å². The third-order valence-corrected chi connectivity index (χ3v) is 6.73. The Morgan fingerprint density at radius 2 is 1.59 bits per heavy atom. The molecule has 0 atom stereocenters. The molecule has 2 aromatic carbocycles. The van der Waals surface area contributed by atoms with Gasteiger partial charge >= 0.3 is 0 Å². The topological polar surface area (TPSA) is 127 Å². The molecule has 0 aliphatic carbocycles. The minimum absolute atomic E-state index is 0. The van der Waals surface area contributed by atoms with Gasteiger partial charge in [0.15, 0.2) is 11.6 Å². The quantitative estimate of drug-likeness (QED) is 0.426. The van der Waals surface area contributed by atoms with Crippen molar-refractivity contribution in [1.29, 1.82) is 0 Å². The number of ether oxygens (including phenoxy) is 1. The van der Waals surface area contributed by atoms with Crippen molar-refractivity contribution in [3.05, 3.63) is 48.0 Å². The van der Waals surface area contributed by atoms with Crippen molar-refractivity contribution in [3.8, 4) is 5.75 Å². The molecule has 12 heteroatoms. The van der Waals surface area contributed by atoms with Crippen LogP contribution in [0.25, 0.3) is 11.0 Å². The first-order valence-corrected chi connectivity index (χ1v) is 13.2. The predicted molar refractivity (Wildman–Crippen MR) is 128 cm³/mol. The number of nitrogens with zero attached hydrogens (tertiary/aromatic N) is 2. The summed E-state index contributed by atoms with van der Waals surface area (Å²) in [6, 6.07) is 12.3. The van der Waals surface area contributed by atoms with Crippen molar-refractivity contribution < 1.29 is 21.6 Å². The van der Waals surface area contributed by atoms with Crippen LogP contribution in [0.1, 0.15) is 12.5 Å². The number of aryl methyl sites for hydroxylation is 1. The number of benzene rings is 2. The van der Waals surface area contributed by atoms with E-state index in [2.05, 4.69) is 20.0 Å². The van der Waals surface area contributed by atoms with Gasteiger partial charge in [-0.05, 0) is 37.1 Å². The Morgan fingerprint density at radius 1 is 0.969 bits per heavy atom. The molecule has 0 aliphatic rings. The van der Waals surface area contributed by atoms with E-state index in [4.69, 9.17) is 4.74 Å². The number of fused-ring (bicyclic) bond motifs is 1. The van der Waals surface area contributed by atoms with Gasteiger partial charge in [-0.3, -0.25) is 4.72 Å². The van der Waals surface area contributed by atoms with Crippen LogP contribution in [0.15, 0.2) is 42.5 Å². The minimum atomic E-state index is -3.61. The first kappa shape index (κ1) is 27.0. The van der Waals surface area contributed by atoms with Crippen molar-refractivity contribution in [2.45, 2.75) is 13.3 Å². The van der Waals surface area contributed by atoms with Crippen molar-refractivity contribution in [3.63, 3.8) is 0 Å². The monoisotopic (exact) mass is 503 g/mol. The van der Waals surface area contributed by atoms with Gasteiger partial charge in [0.05, 0.1) is 29.6 Å². The Balaban J connectivity index is 0.00000363. The van der Waals surface area contributed by atoms with Crippen molar-refractivity contribution >= 4 is 99.6 Å². The van der Waals surface area contributed by atoms with E-state index in [0.717, 1.165) is 0 Å². The fourth-order valence-corrected chi connectivity index (χ4v) is 3.99. The first-order chi connectivity index (χ1) is 14.6. The second-order valence-corrected chi connectivity index (χ2v) is 11.2. The third-order valence-electron chi connectivity index (χ3n) is 4.52. The van der Waals surface area contributed by atoms with Crippen molar-refractivity contribution in [1.82, 2.24) is 9.97 Å². The van der Waals surface area contributed by atoms with Gasteiger partial charge in [-0.15, -0.1) is 0 Å². The molecule has 0 unspecified atom stereocenters. The van der Waals surface area contributed by atoms with Crippen LogP contribution >= 0.6 is 0 Å². The molecule has 2 N–H and O–H groups in total. The first-order valence-electron chi connectivity index (χ1n) is 9.49. The number of sulfonamides is 1. The summed E-state index contributed by atoms with van der Waals surface area (Å²) in [7, 11) is -5.26. The van der Waals surface area contributed by atoms with Crippen LogP contribution in [0.2, 0.25) is 0 Å². The summed E-state index contributed by atoms with van der Waals surface area (Å²) in [4.78, 5) is 8.95. The fourth-order valence-electron chi connectivity index (χ4n) is 2.82. The van der Waals surface area contributed by atoms with Crippen LogP contribution in [0.5, 0.6) is 5.75 Å². The van der Waals surface area contributed by atoms with E-state index in [1.165, 1.54) is 20.3 Å². The number of rotatable bonds is 9. The maximum atomic E-state index is 12.2. The van der Waals surface area contributed by atoms with Crippen LogP contribution in [-0.4, -0.2) is 103 Å². The molecule has 32 heavy (non-hydrogen) atoms. The normalized spacial score (nSPS) is 11.6. The zero-order chi connectivity index (χ0) is 22.6. The summed E-state index contributed by atoms with van der Waals surface area (Å²) in [5, 5.41) is 3.12. The maximum Gasteiger partial charge on any atom is 0.233 e. The SMILES string of the molecule is CCS(=O)(=O)Nc1nc2ccccc2nc1Nc1cc(OC)ccc1CCS(C)(=O)=O.[K]. The molecule has 1 heterocycles. The average Bonchev–Trinajstić information content (AvgIpc) is 2.72. The molecule has 0 bridgehead atoms. The molecule has 0 saturated carbocycles. The molecule has 9 nitrogen and oxygen atoms in total. The van der Waals surface area contributed by atoms with Crippen LogP contribution in [-0.2, 0) is 26.3 Å². The molecule has 0 spiro atoms. The Labute approximate surface area is 230 Å². The van der Waals surface area contributed by atoms with E-state index in [-0.39, 0.29) is 80.9 Å². The van der Waals surface area contributed by atoms with Crippen molar-refractivity contribution in [2.24, 2.45) is 0 Å². The molecule has 0 aliphatic heterocycles. The molecule has 0 fully saturated rings. The summed E-state index contributed by atoms with van der Waals surface area (Å²) in [6.45, 7) is 1.52. The number of anilines is 3. The van der Waals surface area contributed by atoms with Crippen molar-refractivity contribution in [2.75, 3.05) is 34.9 Å². The predicted octanol–water partition coefficient (Wildman–Crippen LogP) is 2.35. The zero-order valence-corrected chi connectivity index (χ0v) is 23.2. The van der Waals surface area contributed by atoms with E-state index < -0.39 is 19.9 Å². The van der Waals surface area contributed by atoms with Gasteiger partial charge in [0.2, 0.25) is 10.0 Å². The zero-order valence-electron chi connectivity index (χ0n) is 18.4. The molecule has 3 aromatic rings. The summed E-state index contributed by atoms with van der Waals surface area (Å²) < 4.78 is 55.4. The van der Waals surface area contributed by atoms with E-state index in [0.29, 0.717) is 28.0 Å². The Bertz CT molecular complexity index is 1310. The number of methoxy groups -OCH3 is 1. The second-order valence-electron chi connectivity index (χ2n) is 6.94. The Hall–Kier alpha value is -1.28. The number of para-hydroxylation sites is 2. The summed E-state index contributed by atoms with van der Waals surface area (Å²) in [5.41, 5.74) is 2.37. The number of aromatic nitrogens is 2. The van der Waals surface area contributed by atoms with E-state index in [9.17, 15) is 16.8 Å². The fraction of sp³-hybridized carbons (Fsp3) is 0.300. The number of hydrogen-bond donors (Lipinski definition) is 2. The molecule has 167 valence electrons. The van der Waals surface area contributed by atoms with Gasteiger partial charge in [-0.25, -0.2) is 26.8 Å². The molecule has 0 amide bonds. The Kier molecular flexibility index (Phi) is 9.46. The molecule has 1 aromatic heterocycles. The molecule has 3 rings (SSSR count). The molecular weight excluding hydrogens is 479 g/mol. The van der Waals surface area contributed by atoms with Crippen LogP contribution in [0, 0.1) is 0 Å². The van der Waals surface area contributed by atoms with E-state index in [1.807, 2.05) is 0 Å².